The van der Waals surface area contributed by atoms with Gasteiger partial charge in [0.05, 0.1) is 7.11 Å². The molecule has 0 spiro atoms. The van der Waals surface area contributed by atoms with Gasteiger partial charge in [-0.1, -0.05) is 30.3 Å². The van der Waals surface area contributed by atoms with Crippen molar-refractivity contribution in [3.05, 3.63) is 89.6 Å². The van der Waals surface area contributed by atoms with E-state index >= 15 is 0 Å². The molecule has 3 rings (SSSR count). The maximum Gasteiger partial charge on any atom is 0.308 e. The average Bonchev–Trinajstić information content (AvgIpc) is 2.79. The molecule has 0 fully saturated rings. The van der Waals surface area contributed by atoms with Crippen molar-refractivity contribution >= 4 is 29.5 Å². The first-order valence-electron chi connectivity index (χ1n) is 9.90. The molecule has 0 heterocycles. The third-order valence-corrected chi connectivity index (χ3v) is 4.39. The molecule has 0 aliphatic carbocycles. The van der Waals surface area contributed by atoms with Crippen LogP contribution >= 0.6 is 0 Å². The summed E-state index contributed by atoms with van der Waals surface area (Å²) >= 11 is 0. The van der Waals surface area contributed by atoms with E-state index in [-0.39, 0.29) is 22.9 Å². The molecule has 0 unspecified atom stereocenters. The zero-order valence-corrected chi connectivity index (χ0v) is 18.0. The van der Waals surface area contributed by atoms with E-state index in [1.165, 1.54) is 38.3 Å². The van der Waals surface area contributed by atoms with Gasteiger partial charge >= 0.3 is 5.97 Å². The Morgan fingerprint density at radius 3 is 2.33 bits per heavy atom. The van der Waals surface area contributed by atoms with E-state index in [9.17, 15) is 19.5 Å². The molecular formula is C25H22N2O6. The second-order valence-electron chi connectivity index (χ2n) is 6.89. The molecule has 0 aromatic heterocycles. The molecule has 168 valence electrons. The number of carbonyl (C=O) groups is 3. The highest BCUT2D eigenvalue weighted by Crippen LogP contribution is 2.29. The van der Waals surface area contributed by atoms with Crippen LogP contribution < -0.4 is 20.1 Å². The van der Waals surface area contributed by atoms with Crippen molar-refractivity contribution in [3.8, 4) is 17.2 Å². The van der Waals surface area contributed by atoms with Crippen LogP contribution in [0.5, 0.6) is 17.2 Å². The predicted octanol–water partition coefficient (Wildman–Crippen LogP) is 3.74. The quantitative estimate of drug-likeness (QED) is 0.289. The number of amides is 2. The molecule has 0 aliphatic rings. The van der Waals surface area contributed by atoms with E-state index in [1.807, 2.05) is 0 Å². The Labute approximate surface area is 190 Å². The van der Waals surface area contributed by atoms with Gasteiger partial charge in [0, 0.05) is 24.2 Å². The van der Waals surface area contributed by atoms with Gasteiger partial charge in [0.25, 0.3) is 11.8 Å². The summed E-state index contributed by atoms with van der Waals surface area (Å²) in [6.45, 7) is 1.27. The Morgan fingerprint density at radius 2 is 1.67 bits per heavy atom. The fourth-order valence-electron chi connectivity index (χ4n) is 2.90. The van der Waals surface area contributed by atoms with E-state index < -0.39 is 17.8 Å². The van der Waals surface area contributed by atoms with Crippen LogP contribution in [0.4, 0.5) is 5.69 Å². The molecule has 3 N–H and O–H groups in total. The number of nitrogens with one attached hydrogen (secondary N) is 2. The SMILES string of the molecule is COc1cc(/C=C(\NC(=O)c2ccccc2)C(=O)Nc2cccc(O)c2)ccc1OC(C)=O. The van der Waals surface area contributed by atoms with E-state index in [4.69, 9.17) is 9.47 Å². The van der Waals surface area contributed by atoms with Crippen LogP contribution in [0.3, 0.4) is 0 Å². The van der Waals surface area contributed by atoms with Gasteiger partial charge in [-0.15, -0.1) is 0 Å². The highest BCUT2D eigenvalue weighted by molar-refractivity contribution is 6.10. The smallest absolute Gasteiger partial charge is 0.308 e. The van der Waals surface area contributed by atoms with Crippen molar-refractivity contribution < 1.29 is 29.0 Å². The number of methoxy groups -OCH3 is 1. The number of carbonyl (C=O) groups excluding carboxylic acids is 3. The van der Waals surface area contributed by atoms with E-state index in [2.05, 4.69) is 10.6 Å². The molecule has 0 radical (unpaired) electrons. The van der Waals surface area contributed by atoms with Crippen molar-refractivity contribution in [2.45, 2.75) is 6.92 Å². The van der Waals surface area contributed by atoms with Crippen LogP contribution in [-0.4, -0.2) is 30.0 Å². The van der Waals surface area contributed by atoms with Crippen LogP contribution in [0.25, 0.3) is 6.08 Å². The third kappa shape index (κ3) is 6.44. The normalized spacial score (nSPS) is 10.8. The van der Waals surface area contributed by atoms with Crippen molar-refractivity contribution in [3.63, 3.8) is 0 Å². The lowest BCUT2D eigenvalue weighted by Gasteiger charge is -2.13. The number of hydrogen-bond donors (Lipinski definition) is 3. The molecular weight excluding hydrogens is 424 g/mol. The number of aromatic hydroxyl groups is 1. The minimum atomic E-state index is -0.604. The van der Waals surface area contributed by atoms with Gasteiger partial charge < -0.3 is 25.2 Å². The fraction of sp³-hybridized carbons (Fsp3) is 0.0800. The van der Waals surface area contributed by atoms with E-state index in [0.717, 1.165) is 0 Å². The van der Waals surface area contributed by atoms with Crippen molar-refractivity contribution in [1.82, 2.24) is 5.32 Å². The summed E-state index contributed by atoms with van der Waals surface area (Å²) in [5, 5.41) is 14.9. The number of esters is 1. The molecule has 8 heteroatoms. The summed E-state index contributed by atoms with van der Waals surface area (Å²) in [6.07, 6.45) is 1.46. The molecule has 3 aromatic rings. The minimum absolute atomic E-state index is 0.0163. The fourth-order valence-corrected chi connectivity index (χ4v) is 2.90. The highest BCUT2D eigenvalue weighted by atomic mass is 16.6. The standard InChI is InChI=1S/C25H22N2O6/c1-16(28)33-22-12-11-17(14-23(22)32-2)13-21(27-24(30)18-7-4-3-5-8-18)25(31)26-19-9-6-10-20(29)15-19/h3-15,29H,1-2H3,(H,26,31)(H,27,30)/b21-13-. The second-order valence-corrected chi connectivity index (χ2v) is 6.89. The Morgan fingerprint density at radius 1 is 0.909 bits per heavy atom. The highest BCUT2D eigenvalue weighted by Gasteiger charge is 2.16. The largest absolute Gasteiger partial charge is 0.508 e. The van der Waals surface area contributed by atoms with Gasteiger partial charge in [-0.25, -0.2) is 0 Å². The number of ether oxygens (including phenoxy) is 2. The van der Waals surface area contributed by atoms with Crippen LogP contribution in [0.2, 0.25) is 0 Å². The number of phenols is 1. The first-order valence-corrected chi connectivity index (χ1v) is 9.90. The van der Waals surface area contributed by atoms with Gasteiger partial charge in [-0.05, 0) is 48.0 Å². The maximum atomic E-state index is 13.0. The molecule has 0 saturated carbocycles. The van der Waals surface area contributed by atoms with Crippen molar-refractivity contribution in [1.29, 1.82) is 0 Å². The zero-order chi connectivity index (χ0) is 23.8. The molecule has 0 saturated heterocycles. The summed E-state index contributed by atoms with van der Waals surface area (Å²) in [5.41, 5.74) is 1.19. The van der Waals surface area contributed by atoms with Crippen LogP contribution in [0, 0.1) is 0 Å². The summed E-state index contributed by atoms with van der Waals surface area (Å²) in [5.74, 6) is -1.10. The minimum Gasteiger partial charge on any atom is -0.508 e. The Kier molecular flexibility index (Phi) is 7.43. The van der Waals surface area contributed by atoms with Gasteiger partial charge in [0.2, 0.25) is 0 Å². The molecule has 2 amide bonds. The van der Waals surface area contributed by atoms with Crippen LogP contribution in [0.1, 0.15) is 22.8 Å². The topological polar surface area (TPSA) is 114 Å². The van der Waals surface area contributed by atoms with Gasteiger partial charge in [-0.3, -0.25) is 14.4 Å². The number of benzene rings is 3. The van der Waals surface area contributed by atoms with Gasteiger partial charge in [0.1, 0.15) is 11.4 Å². The van der Waals surface area contributed by atoms with Crippen LogP contribution in [0.15, 0.2) is 78.5 Å². The maximum absolute atomic E-state index is 13.0. The molecule has 8 nitrogen and oxygen atoms in total. The number of hydrogen-bond acceptors (Lipinski definition) is 6. The summed E-state index contributed by atoms with van der Waals surface area (Å²) in [4.78, 5) is 37.0. The van der Waals surface area contributed by atoms with Gasteiger partial charge in [-0.2, -0.15) is 0 Å². The Balaban J connectivity index is 1.94. The summed E-state index contributed by atoms with van der Waals surface area (Å²) in [6, 6.07) is 19.2. The van der Waals surface area contributed by atoms with Crippen LogP contribution in [-0.2, 0) is 9.59 Å². The number of phenolic OH excluding ortho intramolecular Hbond substituents is 1. The van der Waals surface area contributed by atoms with Crippen molar-refractivity contribution in [2.24, 2.45) is 0 Å². The summed E-state index contributed by atoms with van der Waals surface area (Å²) < 4.78 is 10.4. The Bertz CT molecular complexity index is 1200. The number of rotatable bonds is 7. The molecule has 0 aliphatic heterocycles. The lowest BCUT2D eigenvalue weighted by molar-refractivity contribution is -0.132. The lowest BCUT2D eigenvalue weighted by atomic mass is 10.1. The first-order chi connectivity index (χ1) is 15.9. The predicted molar refractivity (Wildman–Crippen MR) is 123 cm³/mol. The lowest BCUT2D eigenvalue weighted by Crippen LogP contribution is -2.30. The monoisotopic (exact) mass is 446 g/mol. The summed E-state index contributed by atoms with van der Waals surface area (Å²) in [7, 11) is 1.42. The average molecular weight is 446 g/mol. The van der Waals surface area contributed by atoms with Gasteiger partial charge in [0.15, 0.2) is 11.5 Å². The van der Waals surface area contributed by atoms with E-state index in [0.29, 0.717) is 16.8 Å². The molecule has 3 aromatic carbocycles. The molecule has 0 bridgehead atoms. The molecule has 0 atom stereocenters. The number of anilines is 1. The first kappa shape index (κ1) is 23.1. The van der Waals surface area contributed by atoms with Crippen molar-refractivity contribution in [2.75, 3.05) is 12.4 Å². The zero-order valence-electron chi connectivity index (χ0n) is 18.0. The molecule has 33 heavy (non-hydrogen) atoms. The Hall–Kier alpha value is -4.59. The van der Waals surface area contributed by atoms with E-state index in [1.54, 1.807) is 54.6 Å². The third-order valence-electron chi connectivity index (χ3n) is 4.39. The second kappa shape index (κ2) is 10.6.